The molecule has 2 aromatic rings. The Morgan fingerprint density at radius 3 is 3.04 bits per heavy atom. The summed E-state index contributed by atoms with van der Waals surface area (Å²) >= 11 is 0. The Morgan fingerprint density at radius 1 is 1.40 bits per heavy atom. The van der Waals surface area contributed by atoms with Crippen molar-refractivity contribution in [3.8, 4) is 5.75 Å². The second-order valence-corrected chi connectivity index (χ2v) is 5.70. The molecule has 0 unspecified atom stereocenters. The van der Waals surface area contributed by atoms with Gasteiger partial charge in [-0.2, -0.15) is 4.98 Å². The molecule has 1 aromatic carbocycles. The van der Waals surface area contributed by atoms with E-state index in [2.05, 4.69) is 15.3 Å². The zero-order valence-electron chi connectivity index (χ0n) is 13.6. The predicted molar refractivity (Wildman–Crippen MR) is 92.0 cm³/mol. The summed E-state index contributed by atoms with van der Waals surface area (Å²) in [5.74, 6) is 0.635. The maximum absolute atomic E-state index is 10.9. The number of benzene rings is 1. The number of aromatic nitrogens is 2. The minimum absolute atomic E-state index is 0.192. The number of nitrogen functional groups attached to an aromatic ring is 1. The van der Waals surface area contributed by atoms with Crippen molar-refractivity contribution in [1.29, 1.82) is 0 Å². The van der Waals surface area contributed by atoms with Crippen LogP contribution in [0.1, 0.15) is 28.4 Å². The second-order valence-electron chi connectivity index (χ2n) is 5.70. The van der Waals surface area contributed by atoms with Gasteiger partial charge in [-0.05, 0) is 24.6 Å². The van der Waals surface area contributed by atoms with Crippen LogP contribution in [0.3, 0.4) is 0 Å². The molecule has 1 atom stereocenters. The molecule has 0 bridgehead atoms. The third kappa shape index (κ3) is 4.57. The van der Waals surface area contributed by atoms with Gasteiger partial charge in [0.1, 0.15) is 18.2 Å². The monoisotopic (exact) mass is 344 g/mol. The van der Waals surface area contributed by atoms with Crippen molar-refractivity contribution in [3.05, 3.63) is 41.6 Å². The number of carboxylic acids is 1. The molecular formula is C17H20N4O4. The van der Waals surface area contributed by atoms with Crippen LogP contribution in [0.5, 0.6) is 5.75 Å². The van der Waals surface area contributed by atoms with Gasteiger partial charge in [0.05, 0.1) is 24.4 Å². The van der Waals surface area contributed by atoms with E-state index in [-0.39, 0.29) is 17.4 Å². The van der Waals surface area contributed by atoms with Crippen LogP contribution in [-0.2, 0) is 4.74 Å². The van der Waals surface area contributed by atoms with E-state index >= 15 is 0 Å². The Bertz CT molecular complexity index is 747. The molecule has 25 heavy (non-hydrogen) atoms. The molecule has 3 rings (SSSR count). The zero-order chi connectivity index (χ0) is 17.6. The smallest absolute Gasteiger partial charge is 0.335 e. The number of carbonyl (C=O) groups is 1. The van der Waals surface area contributed by atoms with Crippen LogP contribution in [0.4, 0.5) is 11.8 Å². The molecule has 132 valence electrons. The molecule has 1 aliphatic rings. The minimum atomic E-state index is -0.983. The molecule has 0 radical (unpaired) electrons. The predicted octanol–water partition coefficient (Wildman–Crippen LogP) is 1.75. The SMILES string of the molecule is Nc1nc(NCCOc2cccc(C(=O)O)c2)cc([C@@H]2CCOC2)n1. The summed E-state index contributed by atoms with van der Waals surface area (Å²) in [6.45, 7) is 2.24. The van der Waals surface area contributed by atoms with E-state index < -0.39 is 5.97 Å². The highest BCUT2D eigenvalue weighted by Crippen LogP contribution is 2.25. The van der Waals surface area contributed by atoms with Gasteiger partial charge in [0.15, 0.2) is 0 Å². The Labute approximate surface area is 145 Å². The maximum Gasteiger partial charge on any atom is 0.335 e. The zero-order valence-corrected chi connectivity index (χ0v) is 13.6. The number of nitrogens with one attached hydrogen (secondary N) is 1. The van der Waals surface area contributed by atoms with E-state index in [0.717, 1.165) is 18.7 Å². The lowest BCUT2D eigenvalue weighted by molar-refractivity contribution is 0.0696. The van der Waals surface area contributed by atoms with Crippen molar-refractivity contribution in [2.75, 3.05) is 37.4 Å². The Balaban J connectivity index is 1.53. The quantitative estimate of drug-likeness (QED) is 0.650. The molecule has 1 aliphatic heterocycles. The van der Waals surface area contributed by atoms with E-state index in [1.54, 1.807) is 12.1 Å². The summed E-state index contributed by atoms with van der Waals surface area (Å²) in [4.78, 5) is 19.4. The van der Waals surface area contributed by atoms with Crippen LogP contribution in [-0.4, -0.2) is 47.4 Å². The van der Waals surface area contributed by atoms with Crippen LogP contribution >= 0.6 is 0 Å². The fraction of sp³-hybridized carbons (Fsp3) is 0.353. The van der Waals surface area contributed by atoms with Gasteiger partial charge < -0.3 is 25.6 Å². The van der Waals surface area contributed by atoms with E-state index in [4.69, 9.17) is 20.3 Å². The third-order valence-corrected chi connectivity index (χ3v) is 3.87. The molecule has 8 heteroatoms. The minimum Gasteiger partial charge on any atom is -0.492 e. The molecular weight excluding hydrogens is 324 g/mol. The summed E-state index contributed by atoms with van der Waals surface area (Å²) in [5, 5.41) is 12.1. The van der Waals surface area contributed by atoms with Gasteiger partial charge in [0, 0.05) is 18.6 Å². The standard InChI is InChI=1S/C17H20N4O4/c18-17-20-14(12-4-6-24-10-12)9-15(21-17)19-5-7-25-13-3-1-2-11(8-13)16(22)23/h1-3,8-9,12H,4-7,10H2,(H,22,23)(H3,18,19,20,21)/t12-/m1/s1. The van der Waals surface area contributed by atoms with E-state index in [1.807, 2.05) is 6.07 Å². The molecule has 1 saturated heterocycles. The van der Waals surface area contributed by atoms with Crippen molar-refractivity contribution in [3.63, 3.8) is 0 Å². The summed E-state index contributed by atoms with van der Waals surface area (Å²) in [7, 11) is 0. The first-order valence-electron chi connectivity index (χ1n) is 8.04. The molecule has 1 aromatic heterocycles. The number of carboxylic acid groups (broad SMARTS) is 1. The van der Waals surface area contributed by atoms with Gasteiger partial charge in [-0.3, -0.25) is 0 Å². The number of anilines is 2. The number of nitrogens with two attached hydrogens (primary N) is 1. The van der Waals surface area contributed by atoms with Crippen molar-refractivity contribution >= 4 is 17.7 Å². The van der Waals surface area contributed by atoms with Crippen molar-refractivity contribution in [2.24, 2.45) is 0 Å². The molecule has 0 aliphatic carbocycles. The Morgan fingerprint density at radius 2 is 2.28 bits per heavy atom. The normalized spacial score (nSPS) is 16.6. The number of hydrogen-bond donors (Lipinski definition) is 3. The van der Waals surface area contributed by atoms with Crippen LogP contribution < -0.4 is 15.8 Å². The van der Waals surface area contributed by atoms with Gasteiger partial charge in [-0.25, -0.2) is 9.78 Å². The van der Waals surface area contributed by atoms with Gasteiger partial charge in [0.2, 0.25) is 5.95 Å². The van der Waals surface area contributed by atoms with E-state index in [1.165, 1.54) is 12.1 Å². The number of ether oxygens (including phenoxy) is 2. The molecule has 0 amide bonds. The number of aromatic carboxylic acids is 1. The Hall–Kier alpha value is -2.87. The molecule has 0 saturated carbocycles. The number of rotatable bonds is 7. The highest BCUT2D eigenvalue weighted by molar-refractivity contribution is 5.87. The summed E-state index contributed by atoms with van der Waals surface area (Å²) < 4.78 is 10.9. The fourth-order valence-electron chi connectivity index (χ4n) is 2.62. The molecule has 8 nitrogen and oxygen atoms in total. The summed E-state index contributed by atoms with van der Waals surface area (Å²) in [6, 6.07) is 8.25. The van der Waals surface area contributed by atoms with Crippen LogP contribution in [0, 0.1) is 0 Å². The van der Waals surface area contributed by atoms with Crippen molar-refractivity contribution in [1.82, 2.24) is 9.97 Å². The fourth-order valence-corrected chi connectivity index (χ4v) is 2.62. The molecule has 2 heterocycles. The molecule has 1 fully saturated rings. The van der Waals surface area contributed by atoms with E-state index in [0.29, 0.717) is 31.3 Å². The number of hydrogen-bond acceptors (Lipinski definition) is 7. The lowest BCUT2D eigenvalue weighted by atomic mass is 10.0. The van der Waals surface area contributed by atoms with Crippen LogP contribution in [0.15, 0.2) is 30.3 Å². The highest BCUT2D eigenvalue weighted by Gasteiger charge is 2.20. The second kappa shape index (κ2) is 7.80. The first kappa shape index (κ1) is 17.0. The highest BCUT2D eigenvalue weighted by atomic mass is 16.5. The molecule has 4 N–H and O–H groups in total. The average molecular weight is 344 g/mol. The summed E-state index contributed by atoms with van der Waals surface area (Å²) in [5.41, 5.74) is 6.85. The third-order valence-electron chi connectivity index (χ3n) is 3.87. The lowest BCUT2D eigenvalue weighted by Gasteiger charge is -2.12. The average Bonchev–Trinajstić information content (AvgIpc) is 3.13. The topological polar surface area (TPSA) is 120 Å². The van der Waals surface area contributed by atoms with Gasteiger partial charge in [-0.15, -0.1) is 0 Å². The molecule has 0 spiro atoms. The van der Waals surface area contributed by atoms with Crippen LogP contribution in [0.25, 0.3) is 0 Å². The van der Waals surface area contributed by atoms with Gasteiger partial charge >= 0.3 is 5.97 Å². The van der Waals surface area contributed by atoms with Gasteiger partial charge in [0.25, 0.3) is 0 Å². The van der Waals surface area contributed by atoms with Gasteiger partial charge in [-0.1, -0.05) is 6.07 Å². The lowest BCUT2D eigenvalue weighted by Crippen LogP contribution is -2.14. The summed E-state index contributed by atoms with van der Waals surface area (Å²) in [6.07, 6.45) is 0.929. The maximum atomic E-state index is 10.9. The first-order chi connectivity index (χ1) is 12.1. The Kier molecular flexibility index (Phi) is 5.30. The van der Waals surface area contributed by atoms with Crippen LogP contribution in [0.2, 0.25) is 0 Å². The first-order valence-corrected chi connectivity index (χ1v) is 8.04. The largest absolute Gasteiger partial charge is 0.492 e. The van der Waals surface area contributed by atoms with Crippen molar-refractivity contribution in [2.45, 2.75) is 12.3 Å². The van der Waals surface area contributed by atoms with E-state index in [9.17, 15) is 4.79 Å². The number of nitrogens with zero attached hydrogens (tertiary/aromatic N) is 2. The van der Waals surface area contributed by atoms with Crippen molar-refractivity contribution < 1.29 is 19.4 Å².